The Morgan fingerprint density at radius 3 is 2.15 bits per heavy atom. The van der Waals surface area contributed by atoms with E-state index in [9.17, 15) is 4.57 Å². The minimum absolute atomic E-state index is 0.0820. The predicted octanol–water partition coefficient (Wildman–Crippen LogP) is 3.18. The first kappa shape index (κ1) is 17.2. The fraction of sp³-hybridized carbons (Fsp3) is 0.571. The zero-order chi connectivity index (χ0) is 15.0. The van der Waals surface area contributed by atoms with Gasteiger partial charge in [-0.15, -0.1) is 0 Å². The van der Waals surface area contributed by atoms with Gasteiger partial charge in [-0.1, -0.05) is 12.1 Å². The summed E-state index contributed by atoms with van der Waals surface area (Å²) in [5, 5.41) is 0. The van der Waals surface area contributed by atoms with Crippen LogP contribution in [-0.2, 0) is 20.0 Å². The summed E-state index contributed by atoms with van der Waals surface area (Å²) in [7, 11) is -3.16. The van der Waals surface area contributed by atoms with E-state index >= 15 is 0 Å². The highest BCUT2D eigenvalue weighted by molar-refractivity contribution is 7.53. The molecule has 0 fully saturated rings. The van der Waals surface area contributed by atoms with Crippen molar-refractivity contribution < 1.29 is 18.3 Å². The monoisotopic (exact) mass is 301 g/mol. The maximum atomic E-state index is 12.2. The predicted molar refractivity (Wildman–Crippen MR) is 80.1 cm³/mol. The van der Waals surface area contributed by atoms with Gasteiger partial charge in [-0.2, -0.15) is 0 Å². The SMILES string of the molecule is CCOP(=O)(COc1ccc(C[C@@H](C)N)cc1)OCC. The average molecular weight is 301 g/mol. The van der Waals surface area contributed by atoms with Crippen LogP contribution in [0.1, 0.15) is 26.3 Å². The zero-order valence-corrected chi connectivity index (χ0v) is 13.3. The number of hydrogen-bond donors (Lipinski definition) is 1. The Balaban J connectivity index is 2.57. The van der Waals surface area contributed by atoms with Crippen LogP contribution in [0.2, 0.25) is 0 Å². The largest absolute Gasteiger partial charge is 0.481 e. The van der Waals surface area contributed by atoms with Crippen molar-refractivity contribution in [2.75, 3.05) is 19.6 Å². The number of nitrogens with two attached hydrogens (primary N) is 1. The third-order valence-electron chi connectivity index (χ3n) is 2.52. The van der Waals surface area contributed by atoms with Crippen LogP contribution in [0.25, 0.3) is 0 Å². The Morgan fingerprint density at radius 1 is 1.15 bits per heavy atom. The minimum atomic E-state index is -3.16. The Bertz CT molecular complexity index is 423. The molecule has 0 aliphatic heterocycles. The maximum absolute atomic E-state index is 12.2. The number of ether oxygens (including phenoxy) is 1. The lowest BCUT2D eigenvalue weighted by Crippen LogP contribution is -2.17. The second-order valence-electron chi connectivity index (χ2n) is 4.55. The molecule has 6 heteroatoms. The lowest BCUT2D eigenvalue weighted by molar-refractivity contribution is 0.197. The van der Waals surface area contributed by atoms with Gasteiger partial charge in [0.2, 0.25) is 0 Å². The maximum Gasteiger partial charge on any atom is 0.367 e. The van der Waals surface area contributed by atoms with Crippen molar-refractivity contribution in [2.24, 2.45) is 5.73 Å². The highest BCUT2D eigenvalue weighted by atomic mass is 31.2. The smallest absolute Gasteiger partial charge is 0.367 e. The Hall–Kier alpha value is -0.870. The average Bonchev–Trinajstić information content (AvgIpc) is 2.38. The standard InChI is InChI=1S/C14H24NO4P/c1-4-18-20(16,19-5-2)11-17-14-8-6-13(7-9-14)10-12(3)15/h6-9,12H,4-5,10-11,15H2,1-3H3/t12-/m1/s1. The van der Waals surface area contributed by atoms with Gasteiger partial charge in [0, 0.05) is 6.04 Å². The van der Waals surface area contributed by atoms with Crippen LogP contribution in [0.5, 0.6) is 5.75 Å². The summed E-state index contributed by atoms with van der Waals surface area (Å²) in [4.78, 5) is 0. The van der Waals surface area contributed by atoms with Gasteiger partial charge in [0.05, 0.1) is 13.2 Å². The van der Waals surface area contributed by atoms with E-state index in [0.717, 1.165) is 12.0 Å². The topological polar surface area (TPSA) is 70.8 Å². The fourth-order valence-corrected chi connectivity index (χ4v) is 3.07. The molecule has 0 aliphatic rings. The first-order valence-corrected chi connectivity index (χ1v) is 8.57. The quantitative estimate of drug-likeness (QED) is 0.709. The third kappa shape index (κ3) is 6.06. The summed E-state index contributed by atoms with van der Waals surface area (Å²) in [5.74, 6) is 0.637. The van der Waals surface area contributed by atoms with Crippen molar-refractivity contribution in [3.63, 3.8) is 0 Å². The molecule has 1 atom stereocenters. The van der Waals surface area contributed by atoms with Gasteiger partial charge >= 0.3 is 7.60 Å². The molecule has 0 amide bonds. The highest BCUT2D eigenvalue weighted by Gasteiger charge is 2.24. The van der Waals surface area contributed by atoms with Crippen molar-refractivity contribution >= 4 is 7.60 Å². The molecule has 0 radical (unpaired) electrons. The molecule has 0 unspecified atom stereocenters. The summed E-state index contributed by atoms with van der Waals surface area (Å²) in [6.45, 7) is 6.16. The van der Waals surface area contributed by atoms with E-state index in [-0.39, 0.29) is 12.4 Å². The van der Waals surface area contributed by atoms with E-state index in [1.54, 1.807) is 13.8 Å². The Kier molecular flexibility index (Phi) is 7.24. The van der Waals surface area contributed by atoms with Crippen molar-refractivity contribution in [3.8, 4) is 5.75 Å². The molecule has 20 heavy (non-hydrogen) atoms. The second-order valence-corrected chi connectivity index (χ2v) is 6.54. The van der Waals surface area contributed by atoms with Crippen molar-refractivity contribution in [1.29, 1.82) is 0 Å². The van der Waals surface area contributed by atoms with E-state index in [4.69, 9.17) is 19.5 Å². The van der Waals surface area contributed by atoms with E-state index < -0.39 is 7.60 Å². The molecule has 0 bridgehead atoms. The second kappa shape index (κ2) is 8.42. The summed E-state index contributed by atoms with van der Waals surface area (Å²) in [5.41, 5.74) is 6.89. The van der Waals surface area contributed by atoms with Crippen molar-refractivity contribution in [1.82, 2.24) is 0 Å². The Morgan fingerprint density at radius 2 is 1.70 bits per heavy atom. The van der Waals surface area contributed by atoms with E-state index in [2.05, 4.69) is 0 Å². The molecule has 1 aromatic rings. The molecule has 0 saturated heterocycles. The summed E-state index contributed by atoms with van der Waals surface area (Å²) >= 11 is 0. The summed E-state index contributed by atoms with van der Waals surface area (Å²) in [6.07, 6.45) is 0.734. The zero-order valence-electron chi connectivity index (χ0n) is 12.4. The van der Waals surface area contributed by atoms with Crippen LogP contribution in [0.15, 0.2) is 24.3 Å². The van der Waals surface area contributed by atoms with Crippen molar-refractivity contribution in [3.05, 3.63) is 29.8 Å². The molecule has 1 aromatic carbocycles. The van der Waals surface area contributed by atoms with Crippen LogP contribution < -0.4 is 10.5 Å². The first-order chi connectivity index (χ1) is 9.49. The van der Waals surface area contributed by atoms with E-state index in [0.29, 0.717) is 19.0 Å². The molecule has 0 saturated carbocycles. The minimum Gasteiger partial charge on any atom is -0.481 e. The van der Waals surface area contributed by atoms with Gasteiger partial charge < -0.3 is 19.5 Å². The molecule has 1 rings (SSSR count). The molecular formula is C14H24NO4P. The number of rotatable bonds is 9. The fourth-order valence-electron chi connectivity index (χ4n) is 1.75. The van der Waals surface area contributed by atoms with Crippen LogP contribution in [0, 0.1) is 0 Å². The molecule has 5 nitrogen and oxygen atoms in total. The molecule has 0 aliphatic carbocycles. The van der Waals surface area contributed by atoms with Gasteiger partial charge in [-0.25, -0.2) is 0 Å². The van der Waals surface area contributed by atoms with Gasteiger partial charge in [0.25, 0.3) is 0 Å². The molecule has 114 valence electrons. The van der Waals surface area contributed by atoms with Crippen LogP contribution >= 0.6 is 7.60 Å². The normalized spacial score (nSPS) is 13.2. The number of benzene rings is 1. The Labute approximate surface area is 120 Å². The molecule has 0 spiro atoms. The highest BCUT2D eigenvalue weighted by Crippen LogP contribution is 2.47. The van der Waals surface area contributed by atoms with Crippen LogP contribution in [-0.4, -0.2) is 25.6 Å². The molecule has 0 heterocycles. The van der Waals surface area contributed by atoms with Crippen LogP contribution in [0.4, 0.5) is 0 Å². The lowest BCUT2D eigenvalue weighted by Gasteiger charge is -2.17. The lowest BCUT2D eigenvalue weighted by atomic mass is 10.1. The van der Waals surface area contributed by atoms with Crippen molar-refractivity contribution in [2.45, 2.75) is 33.2 Å². The molecule has 2 N–H and O–H groups in total. The van der Waals surface area contributed by atoms with E-state index in [1.807, 2.05) is 31.2 Å². The molecule has 0 aromatic heterocycles. The van der Waals surface area contributed by atoms with Gasteiger partial charge in [-0.3, -0.25) is 4.57 Å². The van der Waals surface area contributed by atoms with E-state index in [1.165, 1.54) is 0 Å². The first-order valence-electron chi connectivity index (χ1n) is 6.84. The van der Waals surface area contributed by atoms with Gasteiger partial charge in [0.15, 0.2) is 6.35 Å². The van der Waals surface area contributed by atoms with Gasteiger partial charge in [0.1, 0.15) is 5.75 Å². The van der Waals surface area contributed by atoms with Gasteiger partial charge in [-0.05, 0) is 44.9 Å². The number of hydrogen-bond acceptors (Lipinski definition) is 5. The molecular weight excluding hydrogens is 277 g/mol. The summed E-state index contributed by atoms with van der Waals surface area (Å²) < 4.78 is 28.0. The van der Waals surface area contributed by atoms with Crippen LogP contribution in [0.3, 0.4) is 0 Å². The summed E-state index contributed by atoms with van der Waals surface area (Å²) in [6, 6.07) is 7.69. The third-order valence-corrected chi connectivity index (χ3v) is 4.27.